The molecule has 2 heterocycles. The van der Waals surface area contributed by atoms with Crippen molar-refractivity contribution in [3.8, 4) is 0 Å². The molecule has 3 aromatic rings. The Morgan fingerprint density at radius 2 is 1.79 bits per heavy atom. The molecule has 8 nitrogen and oxygen atoms in total. The van der Waals surface area contributed by atoms with Crippen molar-refractivity contribution < 1.29 is 14.4 Å². The van der Waals surface area contributed by atoms with Crippen LogP contribution in [0.1, 0.15) is 38.0 Å². The third kappa shape index (κ3) is 6.00. The van der Waals surface area contributed by atoms with E-state index in [4.69, 9.17) is 0 Å². The van der Waals surface area contributed by atoms with Crippen LogP contribution >= 0.6 is 23.1 Å². The number of carbonyl (C=O) groups is 3. The highest BCUT2D eigenvalue weighted by molar-refractivity contribution is 7.98. The lowest BCUT2D eigenvalue weighted by atomic mass is 9.97. The summed E-state index contributed by atoms with van der Waals surface area (Å²) in [6, 6.07) is 17.1. The minimum Gasteiger partial charge on any atom is -0.352 e. The van der Waals surface area contributed by atoms with E-state index in [0.29, 0.717) is 25.3 Å². The summed E-state index contributed by atoms with van der Waals surface area (Å²) in [6.07, 6.45) is 3.48. The van der Waals surface area contributed by atoms with Gasteiger partial charge >= 0.3 is 0 Å². The van der Waals surface area contributed by atoms with Gasteiger partial charge in [0, 0.05) is 30.2 Å². The van der Waals surface area contributed by atoms with Gasteiger partial charge < -0.3 is 15.5 Å². The highest BCUT2D eigenvalue weighted by Gasteiger charge is 2.30. The van der Waals surface area contributed by atoms with Gasteiger partial charge in [0.25, 0.3) is 11.8 Å². The van der Waals surface area contributed by atoms with Gasteiger partial charge in [-0.1, -0.05) is 41.7 Å². The number of likely N-dealkylation sites (tertiary alicyclic amines) is 1. The molecule has 0 radical (unpaired) electrons. The van der Waals surface area contributed by atoms with Crippen molar-refractivity contribution in [2.24, 2.45) is 5.92 Å². The normalized spacial score (nSPS) is 15.6. The largest absolute Gasteiger partial charge is 0.352 e. The topological polar surface area (TPSA) is 104 Å². The second-order valence-electron chi connectivity index (χ2n) is 7.89. The zero-order valence-corrected chi connectivity index (χ0v) is 20.3. The van der Waals surface area contributed by atoms with Gasteiger partial charge in [0.05, 0.1) is 5.92 Å². The van der Waals surface area contributed by atoms with Gasteiger partial charge in [0.2, 0.25) is 15.9 Å². The van der Waals surface area contributed by atoms with Gasteiger partial charge in [-0.25, -0.2) is 0 Å². The third-order valence-electron chi connectivity index (χ3n) is 5.54. The number of benzene rings is 2. The first-order valence-corrected chi connectivity index (χ1v) is 13.0. The number of aromatic nitrogens is 2. The number of amides is 3. The summed E-state index contributed by atoms with van der Waals surface area (Å²) in [5.41, 5.74) is 1.67. The van der Waals surface area contributed by atoms with E-state index in [0.717, 1.165) is 29.7 Å². The molecule has 176 valence electrons. The lowest BCUT2D eigenvalue weighted by molar-refractivity contribution is -0.126. The Morgan fingerprint density at radius 1 is 1.06 bits per heavy atom. The Hall–Kier alpha value is -3.24. The first-order valence-electron chi connectivity index (χ1n) is 10.9. The van der Waals surface area contributed by atoms with Crippen LogP contribution in [0.2, 0.25) is 0 Å². The maximum Gasteiger partial charge on any atom is 0.286 e. The molecule has 10 heteroatoms. The number of piperidine rings is 1. The molecule has 1 saturated heterocycles. The van der Waals surface area contributed by atoms with Crippen molar-refractivity contribution in [1.29, 1.82) is 0 Å². The zero-order chi connectivity index (χ0) is 23.9. The Bertz CT molecular complexity index is 1150. The van der Waals surface area contributed by atoms with Crippen LogP contribution in [0.25, 0.3) is 0 Å². The van der Waals surface area contributed by atoms with Crippen LogP contribution in [0.3, 0.4) is 0 Å². The Balaban J connectivity index is 1.32. The fraction of sp³-hybridized carbons (Fsp3) is 0.292. The SMILES string of the molecule is CSc1ccc(CNC(=O)[C@@H]2CCCN(C(=O)c3nnc(C(=O)Nc4ccccc4)s3)C2)cc1. The van der Waals surface area contributed by atoms with Crippen molar-refractivity contribution in [3.05, 3.63) is 70.2 Å². The summed E-state index contributed by atoms with van der Waals surface area (Å²) in [4.78, 5) is 40.9. The summed E-state index contributed by atoms with van der Waals surface area (Å²) < 4.78 is 0. The van der Waals surface area contributed by atoms with Crippen LogP contribution in [-0.4, -0.2) is 52.2 Å². The van der Waals surface area contributed by atoms with Gasteiger partial charge in [0.15, 0.2) is 0 Å². The minimum absolute atomic E-state index is 0.0633. The molecular formula is C24H25N5O3S2. The van der Waals surface area contributed by atoms with Gasteiger partial charge in [0.1, 0.15) is 0 Å². The van der Waals surface area contributed by atoms with Crippen molar-refractivity contribution >= 4 is 46.5 Å². The summed E-state index contributed by atoms with van der Waals surface area (Å²) in [7, 11) is 0. The first-order chi connectivity index (χ1) is 16.5. The number of thioether (sulfide) groups is 1. The van der Waals surface area contributed by atoms with Crippen molar-refractivity contribution in [2.45, 2.75) is 24.3 Å². The van der Waals surface area contributed by atoms with Gasteiger partial charge in [-0.2, -0.15) is 0 Å². The smallest absolute Gasteiger partial charge is 0.286 e. The highest BCUT2D eigenvalue weighted by atomic mass is 32.2. The number of hydrogen-bond donors (Lipinski definition) is 2. The summed E-state index contributed by atoms with van der Waals surface area (Å²) in [6.45, 7) is 1.32. The number of anilines is 1. The first kappa shape index (κ1) is 23.9. The van der Waals surface area contributed by atoms with E-state index in [2.05, 4.69) is 20.8 Å². The Labute approximate surface area is 206 Å². The second kappa shape index (κ2) is 11.3. The Morgan fingerprint density at radius 3 is 2.53 bits per heavy atom. The van der Waals surface area contributed by atoms with Gasteiger partial charge in [-0.15, -0.1) is 22.0 Å². The van der Waals surface area contributed by atoms with Crippen molar-refractivity contribution in [2.75, 3.05) is 24.7 Å². The van der Waals surface area contributed by atoms with Crippen LogP contribution in [0.5, 0.6) is 0 Å². The molecule has 0 bridgehead atoms. The van der Waals surface area contributed by atoms with E-state index in [1.807, 2.05) is 48.7 Å². The van der Waals surface area contributed by atoms with Crippen LogP contribution in [0.4, 0.5) is 5.69 Å². The number of para-hydroxylation sites is 1. The fourth-order valence-corrected chi connectivity index (χ4v) is 4.81. The fourth-order valence-electron chi connectivity index (χ4n) is 3.70. The zero-order valence-electron chi connectivity index (χ0n) is 18.7. The quantitative estimate of drug-likeness (QED) is 0.485. The standard InChI is InChI=1S/C24H25N5O3S2/c1-33-19-11-9-16(10-12-19)14-25-20(30)17-6-5-13-29(15-17)24(32)23-28-27-22(34-23)21(31)26-18-7-3-2-4-8-18/h2-4,7-12,17H,5-6,13-15H2,1H3,(H,25,30)(H,26,31)/t17-/m1/s1. The van der Waals surface area contributed by atoms with E-state index in [1.165, 1.54) is 4.90 Å². The molecule has 0 saturated carbocycles. The molecule has 4 rings (SSSR count). The lowest BCUT2D eigenvalue weighted by Crippen LogP contribution is -2.45. The predicted octanol–water partition coefficient (Wildman–Crippen LogP) is 3.68. The maximum absolute atomic E-state index is 13.0. The molecule has 2 aromatic carbocycles. The lowest BCUT2D eigenvalue weighted by Gasteiger charge is -2.31. The van der Waals surface area contributed by atoms with E-state index in [9.17, 15) is 14.4 Å². The third-order valence-corrected chi connectivity index (χ3v) is 7.19. The molecule has 0 spiro atoms. The molecule has 0 aliphatic carbocycles. The summed E-state index contributed by atoms with van der Waals surface area (Å²) in [5, 5.41) is 13.8. The van der Waals surface area contributed by atoms with Crippen molar-refractivity contribution in [3.63, 3.8) is 0 Å². The van der Waals surface area contributed by atoms with Gasteiger partial charge in [-0.05, 0) is 48.9 Å². The van der Waals surface area contributed by atoms with Crippen molar-refractivity contribution in [1.82, 2.24) is 20.4 Å². The number of carbonyl (C=O) groups excluding carboxylic acids is 3. The molecular weight excluding hydrogens is 470 g/mol. The predicted molar refractivity (Wildman–Crippen MR) is 133 cm³/mol. The maximum atomic E-state index is 13.0. The number of nitrogens with zero attached hydrogens (tertiary/aromatic N) is 3. The monoisotopic (exact) mass is 495 g/mol. The molecule has 1 aliphatic rings. The average molecular weight is 496 g/mol. The highest BCUT2D eigenvalue weighted by Crippen LogP contribution is 2.21. The molecule has 1 aliphatic heterocycles. The average Bonchev–Trinajstić information content (AvgIpc) is 3.38. The molecule has 3 amide bonds. The molecule has 1 fully saturated rings. The minimum atomic E-state index is -0.413. The number of hydrogen-bond acceptors (Lipinski definition) is 7. The molecule has 0 unspecified atom stereocenters. The number of rotatable bonds is 7. The van der Waals surface area contributed by atoms with Gasteiger partial charge in [-0.3, -0.25) is 14.4 Å². The summed E-state index contributed by atoms with van der Waals surface area (Å²) >= 11 is 2.63. The molecule has 34 heavy (non-hydrogen) atoms. The van der Waals surface area contributed by atoms with Crippen LogP contribution in [-0.2, 0) is 11.3 Å². The summed E-state index contributed by atoms with van der Waals surface area (Å²) in [5.74, 6) is -1.06. The van der Waals surface area contributed by atoms with E-state index in [1.54, 1.807) is 28.8 Å². The number of nitrogens with one attached hydrogen (secondary N) is 2. The van der Waals surface area contributed by atoms with E-state index < -0.39 is 5.91 Å². The van der Waals surface area contributed by atoms with E-state index in [-0.39, 0.29) is 27.7 Å². The molecule has 2 N–H and O–H groups in total. The second-order valence-corrected chi connectivity index (χ2v) is 9.75. The molecule has 1 atom stereocenters. The van der Waals surface area contributed by atoms with Crippen LogP contribution in [0.15, 0.2) is 59.5 Å². The Kier molecular flexibility index (Phi) is 7.91. The van der Waals surface area contributed by atoms with E-state index >= 15 is 0 Å². The molecule has 1 aromatic heterocycles. The van der Waals surface area contributed by atoms with Crippen LogP contribution in [0, 0.1) is 5.92 Å². The van der Waals surface area contributed by atoms with Crippen LogP contribution < -0.4 is 10.6 Å².